The van der Waals surface area contributed by atoms with Crippen molar-refractivity contribution < 1.29 is 13.2 Å². The van der Waals surface area contributed by atoms with Crippen molar-refractivity contribution in [2.24, 2.45) is 5.92 Å². The number of rotatable bonds is 5. The van der Waals surface area contributed by atoms with Crippen LogP contribution in [0.4, 0.5) is 13.2 Å². The third-order valence-corrected chi connectivity index (χ3v) is 6.15. The van der Waals surface area contributed by atoms with Gasteiger partial charge >= 0.3 is 0 Å². The summed E-state index contributed by atoms with van der Waals surface area (Å²) < 4.78 is 41.3. The van der Waals surface area contributed by atoms with Crippen LogP contribution in [0.3, 0.4) is 0 Å². The summed E-state index contributed by atoms with van der Waals surface area (Å²) in [7, 11) is 0. The molecule has 0 aliphatic heterocycles. The Balaban J connectivity index is 1.53. The van der Waals surface area contributed by atoms with Gasteiger partial charge in [-0.1, -0.05) is 62.2 Å². The molecule has 0 bridgehead atoms. The highest BCUT2D eigenvalue weighted by Gasteiger charge is 2.25. The molecule has 1 aliphatic carbocycles. The first-order valence-electron chi connectivity index (χ1n) is 10.4. The number of halogens is 3. The van der Waals surface area contributed by atoms with Crippen molar-refractivity contribution in [2.45, 2.75) is 44.9 Å². The lowest BCUT2D eigenvalue weighted by molar-refractivity contribution is 0.489. The molecule has 150 valence electrons. The second kappa shape index (κ2) is 8.44. The van der Waals surface area contributed by atoms with Gasteiger partial charge in [-0.3, -0.25) is 0 Å². The van der Waals surface area contributed by atoms with E-state index in [0.29, 0.717) is 11.5 Å². The minimum absolute atomic E-state index is 0.261. The monoisotopic (exact) mass is 394 g/mol. The molecule has 3 aromatic rings. The maximum Gasteiger partial charge on any atom is 0.159 e. The highest BCUT2D eigenvalue weighted by Crippen LogP contribution is 2.40. The first-order valence-corrected chi connectivity index (χ1v) is 10.4. The number of benzene rings is 3. The Morgan fingerprint density at radius 1 is 0.724 bits per heavy atom. The van der Waals surface area contributed by atoms with Crippen LogP contribution in [0.1, 0.15) is 50.5 Å². The van der Waals surface area contributed by atoms with Crippen LogP contribution < -0.4 is 0 Å². The Kier molecular flexibility index (Phi) is 5.75. The summed E-state index contributed by atoms with van der Waals surface area (Å²) >= 11 is 0. The van der Waals surface area contributed by atoms with Gasteiger partial charge in [0.05, 0.1) is 0 Å². The Morgan fingerprint density at radius 2 is 1.41 bits per heavy atom. The maximum atomic E-state index is 14.7. The first-order chi connectivity index (χ1) is 14.0. The molecule has 0 radical (unpaired) electrons. The summed E-state index contributed by atoms with van der Waals surface area (Å²) in [6.07, 6.45) is 6.41. The second-order valence-electron chi connectivity index (χ2n) is 8.11. The lowest BCUT2D eigenvalue weighted by Crippen LogP contribution is -1.96. The van der Waals surface area contributed by atoms with Gasteiger partial charge in [-0.05, 0) is 71.6 Å². The van der Waals surface area contributed by atoms with Crippen LogP contribution in [0.5, 0.6) is 0 Å². The molecular weight excluding hydrogens is 369 g/mol. The quantitative estimate of drug-likeness (QED) is 0.410. The van der Waals surface area contributed by atoms with Crippen LogP contribution in [0.2, 0.25) is 0 Å². The Bertz CT molecular complexity index is 991. The van der Waals surface area contributed by atoms with Crippen molar-refractivity contribution in [3.05, 3.63) is 83.7 Å². The molecule has 0 amide bonds. The van der Waals surface area contributed by atoms with Crippen molar-refractivity contribution in [2.75, 3.05) is 0 Å². The highest BCUT2D eigenvalue weighted by atomic mass is 19.2. The van der Waals surface area contributed by atoms with Crippen LogP contribution in [0.15, 0.2) is 60.7 Å². The standard InChI is InChI=1S/C26H25F3/c1-2-3-17-4-5-20(14-17)18-6-8-19(9-7-18)21-10-12-23(25(28)15-21)22-11-13-24(27)26(29)16-22/h6-13,15-17,20H,2-5,14H2,1H3. The van der Waals surface area contributed by atoms with Gasteiger partial charge in [0.25, 0.3) is 0 Å². The van der Waals surface area contributed by atoms with Crippen molar-refractivity contribution in [3.63, 3.8) is 0 Å². The van der Waals surface area contributed by atoms with Crippen molar-refractivity contribution in [1.29, 1.82) is 0 Å². The van der Waals surface area contributed by atoms with Gasteiger partial charge in [0, 0.05) is 5.56 Å². The fourth-order valence-corrected chi connectivity index (χ4v) is 4.59. The Labute approximate surface area is 170 Å². The van der Waals surface area contributed by atoms with Gasteiger partial charge in [0.15, 0.2) is 11.6 Å². The zero-order valence-corrected chi connectivity index (χ0v) is 16.6. The maximum absolute atomic E-state index is 14.7. The number of hydrogen-bond donors (Lipinski definition) is 0. The summed E-state index contributed by atoms with van der Waals surface area (Å²) in [6.45, 7) is 2.25. The highest BCUT2D eigenvalue weighted by molar-refractivity contribution is 5.71. The molecule has 0 saturated heterocycles. The zero-order chi connectivity index (χ0) is 20.4. The lowest BCUT2D eigenvalue weighted by Gasteiger charge is -2.13. The molecule has 0 nitrogen and oxygen atoms in total. The average molecular weight is 394 g/mol. The second-order valence-corrected chi connectivity index (χ2v) is 8.11. The molecule has 1 aliphatic rings. The smallest absolute Gasteiger partial charge is 0.159 e. The molecule has 3 heteroatoms. The molecule has 3 aromatic carbocycles. The fourth-order valence-electron chi connectivity index (χ4n) is 4.59. The fraction of sp³-hybridized carbons (Fsp3) is 0.308. The Hall–Kier alpha value is -2.55. The van der Waals surface area contributed by atoms with E-state index in [4.69, 9.17) is 0 Å². The van der Waals surface area contributed by atoms with Crippen molar-refractivity contribution >= 4 is 0 Å². The third-order valence-electron chi connectivity index (χ3n) is 6.15. The summed E-state index contributed by atoms with van der Waals surface area (Å²) in [5.74, 6) is -0.879. The van der Waals surface area contributed by atoms with Crippen LogP contribution in [0.25, 0.3) is 22.3 Å². The molecule has 2 atom stereocenters. The summed E-state index contributed by atoms with van der Waals surface area (Å²) in [4.78, 5) is 0. The van der Waals surface area contributed by atoms with E-state index >= 15 is 0 Å². The van der Waals surface area contributed by atoms with E-state index in [2.05, 4.69) is 31.2 Å². The minimum Gasteiger partial charge on any atom is -0.206 e. The minimum atomic E-state index is -0.977. The van der Waals surface area contributed by atoms with E-state index in [9.17, 15) is 13.2 Å². The van der Waals surface area contributed by atoms with Gasteiger partial charge in [0.2, 0.25) is 0 Å². The van der Waals surface area contributed by atoms with Crippen LogP contribution >= 0.6 is 0 Å². The Morgan fingerprint density at radius 3 is 2.10 bits per heavy atom. The topological polar surface area (TPSA) is 0 Å². The molecule has 0 spiro atoms. The van der Waals surface area contributed by atoms with Crippen LogP contribution in [-0.4, -0.2) is 0 Å². The molecule has 4 rings (SSSR count). The third kappa shape index (κ3) is 4.24. The van der Waals surface area contributed by atoms with E-state index in [1.54, 1.807) is 6.07 Å². The number of hydrogen-bond acceptors (Lipinski definition) is 0. The molecule has 2 unspecified atom stereocenters. The van der Waals surface area contributed by atoms with E-state index in [0.717, 1.165) is 29.2 Å². The molecule has 1 fully saturated rings. The zero-order valence-electron chi connectivity index (χ0n) is 16.6. The predicted molar refractivity (Wildman–Crippen MR) is 112 cm³/mol. The van der Waals surface area contributed by atoms with Crippen LogP contribution in [-0.2, 0) is 0 Å². The normalized spacial score (nSPS) is 18.9. The first kappa shape index (κ1) is 19.8. The molecule has 1 saturated carbocycles. The van der Waals surface area contributed by atoms with Gasteiger partial charge in [-0.2, -0.15) is 0 Å². The van der Waals surface area contributed by atoms with Gasteiger partial charge in [-0.25, -0.2) is 13.2 Å². The largest absolute Gasteiger partial charge is 0.206 e. The summed E-state index contributed by atoms with van der Waals surface area (Å²) in [6, 6.07) is 16.8. The molecule has 0 heterocycles. The van der Waals surface area contributed by atoms with Gasteiger partial charge in [-0.15, -0.1) is 0 Å². The molecule has 29 heavy (non-hydrogen) atoms. The summed E-state index contributed by atoms with van der Waals surface area (Å²) in [5, 5.41) is 0. The van der Waals surface area contributed by atoms with Gasteiger partial charge < -0.3 is 0 Å². The van der Waals surface area contributed by atoms with E-state index in [1.165, 1.54) is 49.8 Å². The SMILES string of the molecule is CCCC1CCC(c2ccc(-c3ccc(-c4ccc(F)c(F)c4)c(F)c3)cc2)C1. The molecule has 0 aromatic heterocycles. The molecular formula is C26H25F3. The van der Waals surface area contributed by atoms with E-state index in [-0.39, 0.29) is 5.56 Å². The average Bonchev–Trinajstić information content (AvgIpc) is 3.19. The van der Waals surface area contributed by atoms with Crippen LogP contribution in [0, 0.1) is 23.4 Å². The lowest BCUT2D eigenvalue weighted by atomic mass is 9.93. The van der Waals surface area contributed by atoms with Crippen molar-refractivity contribution in [3.8, 4) is 22.3 Å². The van der Waals surface area contributed by atoms with E-state index < -0.39 is 17.5 Å². The van der Waals surface area contributed by atoms with Gasteiger partial charge in [0.1, 0.15) is 5.82 Å². The molecule has 0 N–H and O–H groups in total. The van der Waals surface area contributed by atoms with Crippen molar-refractivity contribution in [1.82, 2.24) is 0 Å². The van der Waals surface area contributed by atoms with E-state index in [1.807, 2.05) is 6.07 Å². The predicted octanol–water partition coefficient (Wildman–Crippen LogP) is 8.12. The summed E-state index contributed by atoms with van der Waals surface area (Å²) in [5.41, 5.74) is 3.68.